The monoisotopic (exact) mass is 371 g/mol. The van der Waals surface area contributed by atoms with Crippen LogP contribution in [0.3, 0.4) is 0 Å². The molecule has 0 saturated carbocycles. The van der Waals surface area contributed by atoms with E-state index in [1.165, 1.54) is 36.9 Å². The van der Waals surface area contributed by atoms with Crippen LogP contribution in [0.1, 0.15) is 39.0 Å². The molecule has 5 nitrogen and oxygen atoms in total. The molecule has 1 N–H and O–H groups in total. The fraction of sp³-hybridized carbons (Fsp3) is 0.591. The normalized spacial score (nSPS) is 19.3. The molecule has 5 heteroatoms. The first-order chi connectivity index (χ1) is 13.2. The molecule has 1 aromatic rings. The van der Waals surface area contributed by atoms with Crippen molar-refractivity contribution < 1.29 is 9.53 Å². The predicted octanol–water partition coefficient (Wildman–Crippen LogP) is 3.21. The Balaban J connectivity index is 1.41. The van der Waals surface area contributed by atoms with Crippen LogP contribution in [0.5, 0.6) is 5.75 Å². The van der Waals surface area contributed by atoms with Crippen LogP contribution in [0.4, 0.5) is 5.69 Å². The molecule has 1 amide bonds. The van der Waals surface area contributed by atoms with Gasteiger partial charge in [-0.05, 0) is 63.3 Å². The van der Waals surface area contributed by atoms with Crippen molar-refractivity contribution in [1.29, 1.82) is 0 Å². The lowest BCUT2D eigenvalue weighted by Crippen LogP contribution is -2.54. The summed E-state index contributed by atoms with van der Waals surface area (Å²) in [5.74, 6) is 1.04. The van der Waals surface area contributed by atoms with Crippen molar-refractivity contribution in [3.63, 3.8) is 0 Å². The molecule has 1 fully saturated rings. The summed E-state index contributed by atoms with van der Waals surface area (Å²) in [6, 6.07) is 8.14. The highest BCUT2D eigenvalue weighted by Crippen LogP contribution is 2.21. The van der Waals surface area contributed by atoms with Crippen LogP contribution >= 0.6 is 0 Å². The summed E-state index contributed by atoms with van der Waals surface area (Å²) in [5.41, 5.74) is 2.73. The van der Waals surface area contributed by atoms with Gasteiger partial charge in [-0.2, -0.15) is 0 Å². The van der Waals surface area contributed by atoms with Crippen molar-refractivity contribution in [3.8, 4) is 5.75 Å². The smallest absolute Gasteiger partial charge is 0.237 e. The Morgan fingerprint density at radius 1 is 1.15 bits per heavy atom. The number of carbonyl (C=O) groups is 1. The molecule has 1 aliphatic heterocycles. The van der Waals surface area contributed by atoms with Gasteiger partial charge in [0.25, 0.3) is 0 Å². The van der Waals surface area contributed by atoms with Crippen LogP contribution in [0.2, 0.25) is 0 Å². The van der Waals surface area contributed by atoms with Crippen molar-refractivity contribution in [1.82, 2.24) is 10.2 Å². The van der Waals surface area contributed by atoms with E-state index in [0.29, 0.717) is 0 Å². The van der Waals surface area contributed by atoms with Crippen molar-refractivity contribution in [2.75, 3.05) is 44.7 Å². The maximum Gasteiger partial charge on any atom is 0.237 e. The number of piperazine rings is 1. The van der Waals surface area contributed by atoms with Gasteiger partial charge in [0.1, 0.15) is 5.75 Å². The van der Waals surface area contributed by atoms with Crippen molar-refractivity contribution >= 4 is 11.6 Å². The number of amides is 1. The first kappa shape index (κ1) is 19.7. The summed E-state index contributed by atoms with van der Waals surface area (Å²) in [6.07, 6.45) is 8.39. The summed E-state index contributed by atoms with van der Waals surface area (Å²) in [4.78, 5) is 17.2. The molecule has 0 unspecified atom stereocenters. The Bertz CT molecular complexity index is 633. The minimum atomic E-state index is -0.0663. The number of allylic oxidation sites excluding steroid dienone is 1. The average molecular weight is 372 g/mol. The molecule has 0 spiro atoms. The molecule has 3 rings (SSSR count). The lowest BCUT2D eigenvalue weighted by molar-refractivity contribution is -0.125. The fourth-order valence-electron chi connectivity index (χ4n) is 3.95. The van der Waals surface area contributed by atoms with Crippen molar-refractivity contribution in [2.24, 2.45) is 0 Å². The van der Waals surface area contributed by atoms with E-state index in [-0.39, 0.29) is 11.9 Å². The minimum absolute atomic E-state index is 0.0663. The third kappa shape index (κ3) is 5.48. The topological polar surface area (TPSA) is 44.8 Å². The lowest BCUT2D eigenvalue weighted by atomic mass is 9.97. The minimum Gasteiger partial charge on any atom is -0.497 e. The van der Waals surface area contributed by atoms with Crippen LogP contribution in [0.25, 0.3) is 0 Å². The summed E-state index contributed by atoms with van der Waals surface area (Å²) >= 11 is 0. The number of methoxy groups -OCH3 is 1. The van der Waals surface area contributed by atoms with Gasteiger partial charge < -0.3 is 15.0 Å². The van der Waals surface area contributed by atoms with Gasteiger partial charge in [-0.3, -0.25) is 9.69 Å². The maximum absolute atomic E-state index is 12.5. The van der Waals surface area contributed by atoms with E-state index in [1.807, 2.05) is 19.1 Å². The van der Waals surface area contributed by atoms with Gasteiger partial charge in [0.05, 0.1) is 13.2 Å². The highest BCUT2D eigenvalue weighted by Gasteiger charge is 2.25. The van der Waals surface area contributed by atoms with Crippen LogP contribution < -0.4 is 15.0 Å². The summed E-state index contributed by atoms with van der Waals surface area (Å²) < 4.78 is 5.23. The Hall–Kier alpha value is -2.01. The van der Waals surface area contributed by atoms with E-state index in [2.05, 4.69) is 33.3 Å². The van der Waals surface area contributed by atoms with Gasteiger partial charge in [0.15, 0.2) is 0 Å². The number of nitrogens with zero attached hydrogens (tertiary/aromatic N) is 2. The summed E-state index contributed by atoms with van der Waals surface area (Å²) in [5, 5.41) is 3.13. The molecule has 0 aromatic heterocycles. The van der Waals surface area contributed by atoms with E-state index in [0.717, 1.165) is 44.9 Å². The van der Waals surface area contributed by atoms with Crippen LogP contribution in [0.15, 0.2) is 35.9 Å². The molecule has 2 aliphatic rings. The molecule has 1 aromatic carbocycles. The quantitative estimate of drug-likeness (QED) is 0.748. The molecule has 0 bridgehead atoms. The third-order valence-corrected chi connectivity index (χ3v) is 5.81. The number of hydrogen-bond acceptors (Lipinski definition) is 4. The number of ether oxygens (including phenoxy) is 1. The first-order valence-electron chi connectivity index (χ1n) is 10.3. The predicted molar refractivity (Wildman–Crippen MR) is 110 cm³/mol. The summed E-state index contributed by atoms with van der Waals surface area (Å²) in [6.45, 7) is 6.49. The van der Waals surface area contributed by atoms with E-state index >= 15 is 0 Å². The highest BCUT2D eigenvalue weighted by molar-refractivity contribution is 5.81. The SMILES string of the molecule is COc1ccc(N2CCN([C@H](C)C(=O)NCCC3=CCCCC3)CC2)cc1. The van der Waals surface area contributed by atoms with Gasteiger partial charge in [0.2, 0.25) is 5.91 Å². The van der Waals surface area contributed by atoms with Gasteiger partial charge in [0, 0.05) is 38.4 Å². The second-order valence-corrected chi connectivity index (χ2v) is 7.55. The molecule has 27 heavy (non-hydrogen) atoms. The summed E-state index contributed by atoms with van der Waals surface area (Å²) in [7, 11) is 1.69. The van der Waals surface area contributed by atoms with Gasteiger partial charge in [-0.15, -0.1) is 0 Å². The van der Waals surface area contributed by atoms with E-state index in [9.17, 15) is 4.79 Å². The van der Waals surface area contributed by atoms with Crippen molar-refractivity contribution in [2.45, 2.75) is 45.1 Å². The molecule has 1 heterocycles. The number of rotatable bonds is 7. The van der Waals surface area contributed by atoms with E-state index < -0.39 is 0 Å². The number of nitrogens with one attached hydrogen (secondary N) is 1. The molecule has 1 atom stereocenters. The number of hydrogen-bond donors (Lipinski definition) is 1. The number of anilines is 1. The molecule has 1 aliphatic carbocycles. The third-order valence-electron chi connectivity index (χ3n) is 5.81. The zero-order chi connectivity index (χ0) is 19.1. The number of carbonyl (C=O) groups excluding carboxylic acids is 1. The zero-order valence-electron chi connectivity index (χ0n) is 16.7. The van der Waals surface area contributed by atoms with Gasteiger partial charge >= 0.3 is 0 Å². The molecular weight excluding hydrogens is 338 g/mol. The molecule has 0 radical (unpaired) electrons. The lowest BCUT2D eigenvalue weighted by Gasteiger charge is -2.38. The Morgan fingerprint density at radius 3 is 2.52 bits per heavy atom. The molecular formula is C22H33N3O2. The van der Waals surface area contributed by atoms with Gasteiger partial charge in [-0.1, -0.05) is 11.6 Å². The van der Waals surface area contributed by atoms with Gasteiger partial charge in [-0.25, -0.2) is 0 Å². The second kappa shape index (κ2) is 9.79. The fourth-order valence-corrected chi connectivity index (χ4v) is 3.95. The highest BCUT2D eigenvalue weighted by atomic mass is 16.5. The Labute approximate surface area is 163 Å². The zero-order valence-corrected chi connectivity index (χ0v) is 16.7. The average Bonchev–Trinajstić information content (AvgIpc) is 2.74. The first-order valence-corrected chi connectivity index (χ1v) is 10.3. The van der Waals surface area contributed by atoms with Crippen LogP contribution in [-0.2, 0) is 4.79 Å². The number of benzene rings is 1. The van der Waals surface area contributed by atoms with Crippen LogP contribution in [0, 0.1) is 0 Å². The largest absolute Gasteiger partial charge is 0.497 e. The second-order valence-electron chi connectivity index (χ2n) is 7.55. The van der Waals surface area contributed by atoms with E-state index in [1.54, 1.807) is 7.11 Å². The van der Waals surface area contributed by atoms with Crippen molar-refractivity contribution in [3.05, 3.63) is 35.9 Å². The Kier molecular flexibility index (Phi) is 7.16. The van der Waals surface area contributed by atoms with Crippen LogP contribution in [-0.4, -0.2) is 56.7 Å². The standard InChI is InChI=1S/C22H33N3O2/c1-18(22(26)23-13-12-19-6-4-3-5-7-19)24-14-16-25(17-15-24)20-8-10-21(27-2)11-9-20/h6,8-11,18H,3-5,7,12-17H2,1-2H3,(H,23,26)/t18-/m1/s1. The Morgan fingerprint density at radius 2 is 1.89 bits per heavy atom. The molecule has 148 valence electrons. The molecule has 1 saturated heterocycles. The van der Waals surface area contributed by atoms with E-state index in [4.69, 9.17) is 4.74 Å². The maximum atomic E-state index is 12.5.